The lowest BCUT2D eigenvalue weighted by Gasteiger charge is -2.06. The van der Waals surface area contributed by atoms with Gasteiger partial charge in [0.1, 0.15) is 11.6 Å². The molecular formula is C15H13F2NO. The predicted octanol–water partition coefficient (Wildman–Crippen LogP) is 3.40. The lowest BCUT2D eigenvalue weighted by Crippen LogP contribution is -2.07. The maximum atomic E-state index is 13.0. The van der Waals surface area contributed by atoms with Gasteiger partial charge in [0.05, 0.1) is 0 Å². The van der Waals surface area contributed by atoms with Crippen LogP contribution in [0.3, 0.4) is 0 Å². The first-order valence-corrected chi connectivity index (χ1v) is 5.88. The second kappa shape index (κ2) is 5.26. The number of aryl methyl sites for hydroxylation is 2. The van der Waals surface area contributed by atoms with Crippen molar-refractivity contribution in [3.63, 3.8) is 0 Å². The van der Waals surface area contributed by atoms with Gasteiger partial charge < -0.3 is 0 Å². The maximum Gasteiger partial charge on any atom is 0.169 e. The van der Waals surface area contributed by atoms with Crippen molar-refractivity contribution in [3.8, 4) is 0 Å². The first-order valence-electron chi connectivity index (χ1n) is 5.88. The largest absolute Gasteiger partial charge is 0.294 e. The number of Topliss-reactive ketones (excluding diaryl/α,β-unsaturated/α-hetero) is 1. The number of hydrogen-bond donors (Lipinski definition) is 0. The van der Waals surface area contributed by atoms with E-state index in [0.29, 0.717) is 16.8 Å². The van der Waals surface area contributed by atoms with Gasteiger partial charge in [0.2, 0.25) is 0 Å². The number of ketones is 1. The number of hydrogen-bond acceptors (Lipinski definition) is 2. The molecule has 1 aromatic carbocycles. The number of halogens is 2. The summed E-state index contributed by atoms with van der Waals surface area (Å²) in [5.74, 6) is -1.56. The molecule has 0 unspecified atom stereocenters. The lowest BCUT2D eigenvalue weighted by molar-refractivity contribution is 0.0992. The molecule has 0 amide bonds. The van der Waals surface area contributed by atoms with E-state index in [1.54, 1.807) is 19.1 Å². The molecule has 0 aliphatic heterocycles. The second-order valence-electron chi connectivity index (χ2n) is 4.46. The number of aromatic nitrogens is 1. The molecule has 0 fully saturated rings. The maximum absolute atomic E-state index is 13.0. The summed E-state index contributed by atoms with van der Waals surface area (Å²) in [6.45, 7) is 3.58. The third kappa shape index (κ3) is 3.22. The molecule has 0 spiro atoms. The highest BCUT2D eigenvalue weighted by molar-refractivity contribution is 5.98. The molecule has 98 valence electrons. The highest BCUT2D eigenvalue weighted by atomic mass is 19.1. The highest BCUT2D eigenvalue weighted by Gasteiger charge is 2.12. The quantitative estimate of drug-likeness (QED) is 0.792. The smallest absolute Gasteiger partial charge is 0.169 e. The molecule has 0 saturated heterocycles. The van der Waals surface area contributed by atoms with E-state index >= 15 is 0 Å². The molecule has 2 rings (SSSR count). The third-order valence-corrected chi connectivity index (χ3v) is 2.81. The fourth-order valence-electron chi connectivity index (χ4n) is 1.97. The van der Waals surface area contributed by atoms with Gasteiger partial charge in [-0.1, -0.05) is 0 Å². The van der Waals surface area contributed by atoms with Crippen molar-refractivity contribution in [2.45, 2.75) is 20.3 Å². The topological polar surface area (TPSA) is 30.0 Å². The van der Waals surface area contributed by atoms with Crippen LogP contribution in [0.4, 0.5) is 8.78 Å². The Labute approximate surface area is 110 Å². The number of carbonyl (C=O) groups excluding carboxylic acids is 1. The Kier molecular flexibility index (Phi) is 3.69. The van der Waals surface area contributed by atoms with Crippen LogP contribution in [-0.4, -0.2) is 10.8 Å². The third-order valence-electron chi connectivity index (χ3n) is 2.81. The van der Waals surface area contributed by atoms with Crippen molar-refractivity contribution in [3.05, 3.63) is 64.5 Å². The summed E-state index contributed by atoms with van der Waals surface area (Å²) in [4.78, 5) is 16.3. The predicted molar refractivity (Wildman–Crippen MR) is 68.1 cm³/mol. The molecular weight excluding hydrogens is 248 g/mol. The van der Waals surface area contributed by atoms with Crippen molar-refractivity contribution in [2.75, 3.05) is 0 Å². The van der Waals surface area contributed by atoms with Crippen LogP contribution in [0.5, 0.6) is 0 Å². The average molecular weight is 261 g/mol. The van der Waals surface area contributed by atoms with E-state index in [4.69, 9.17) is 0 Å². The zero-order valence-electron chi connectivity index (χ0n) is 10.7. The minimum atomic E-state index is -0.679. The van der Waals surface area contributed by atoms with Crippen molar-refractivity contribution in [1.82, 2.24) is 4.98 Å². The summed E-state index contributed by atoms with van der Waals surface area (Å²) < 4.78 is 26.1. The standard InChI is InChI=1S/C15H13F2NO/c1-9-3-4-14(10(2)18-9)15(19)7-11-5-12(16)8-13(17)6-11/h3-6,8H,7H2,1-2H3. The first kappa shape index (κ1) is 13.3. The van der Waals surface area contributed by atoms with Gasteiger partial charge in [0, 0.05) is 29.4 Å². The Hall–Kier alpha value is -2.10. The van der Waals surface area contributed by atoms with Crippen molar-refractivity contribution < 1.29 is 13.6 Å². The zero-order chi connectivity index (χ0) is 14.0. The molecule has 0 radical (unpaired) electrons. The Morgan fingerprint density at radius 3 is 2.32 bits per heavy atom. The van der Waals surface area contributed by atoms with Crippen LogP contribution in [0.1, 0.15) is 27.3 Å². The fraction of sp³-hybridized carbons (Fsp3) is 0.200. The number of nitrogens with zero attached hydrogens (tertiary/aromatic N) is 1. The SMILES string of the molecule is Cc1ccc(C(=O)Cc2cc(F)cc(F)c2)c(C)n1. The van der Waals surface area contributed by atoms with Crippen LogP contribution in [0.2, 0.25) is 0 Å². The van der Waals surface area contributed by atoms with Crippen LogP contribution < -0.4 is 0 Å². The van der Waals surface area contributed by atoms with Gasteiger partial charge in [-0.3, -0.25) is 9.78 Å². The molecule has 0 bridgehead atoms. The summed E-state index contributed by atoms with van der Waals surface area (Å²) in [6.07, 6.45) is -0.0414. The molecule has 2 aromatic rings. The van der Waals surface area contributed by atoms with E-state index in [-0.39, 0.29) is 12.2 Å². The Morgan fingerprint density at radius 2 is 1.74 bits per heavy atom. The van der Waals surface area contributed by atoms with E-state index in [1.165, 1.54) is 0 Å². The van der Waals surface area contributed by atoms with Gasteiger partial charge >= 0.3 is 0 Å². The molecule has 1 aromatic heterocycles. The average Bonchev–Trinajstić information content (AvgIpc) is 2.26. The minimum absolute atomic E-state index is 0.0414. The van der Waals surface area contributed by atoms with Crippen molar-refractivity contribution >= 4 is 5.78 Å². The number of benzene rings is 1. The highest BCUT2D eigenvalue weighted by Crippen LogP contribution is 2.13. The summed E-state index contributed by atoms with van der Waals surface area (Å²) in [5, 5.41) is 0. The number of pyridine rings is 1. The molecule has 2 nitrogen and oxygen atoms in total. The van der Waals surface area contributed by atoms with Crippen LogP contribution in [-0.2, 0) is 6.42 Å². The van der Waals surface area contributed by atoms with Gasteiger partial charge in [-0.15, -0.1) is 0 Å². The van der Waals surface area contributed by atoms with Gasteiger partial charge in [-0.25, -0.2) is 8.78 Å². The van der Waals surface area contributed by atoms with Crippen LogP contribution in [0.25, 0.3) is 0 Å². The lowest BCUT2D eigenvalue weighted by atomic mass is 10.0. The molecule has 1 heterocycles. The van der Waals surface area contributed by atoms with Gasteiger partial charge in [-0.2, -0.15) is 0 Å². The van der Waals surface area contributed by atoms with E-state index < -0.39 is 11.6 Å². The van der Waals surface area contributed by atoms with Crippen molar-refractivity contribution in [1.29, 1.82) is 0 Å². The van der Waals surface area contributed by atoms with Crippen LogP contribution >= 0.6 is 0 Å². The summed E-state index contributed by atoms with van der Waals surface area (Å²) in [7, 11) is 0. The normalized spacial score (nSPS) is 10.5. The second-order valence-corrected chi connectivity index (χ2v) is 4.46. The molecule has 4 heteroatoms. The summed E-state index contributed by atoms with van der Waals surface area (Å²) >= 11 is 0. The molecule has 0 aliphatic rings. The van der Waals surface area contributed by atoms with E-state index in [1.807, 2.05) is 6.92 Å². The first-order chi connectivity index (χ1) is 8.95. The zero-order valence-corrected chi connectivity index (χ0v) is 10.7. The van der Waals surface area contributed by atoms with Gasteiger partial charge in [0.25, 0.3) is 0 Å². The van der Waals surface area contributed by atoms with E-state index in [0.717, 1.165) is 23.9 Å². The van der Waals surface area contributed by atoms with Crippen molar-refractivity contribution in [2.24, 2.45) is 0 Å². The van der Waals surface area contributed by atoms with Crippen LogP contribution in [0.15, 0.2) is 30.3 Å². The molecule has 0 aliphatic carbocycles. The van der Waals surface area contributed by atoms with Gasteiger partial charge in [0.15, 0.2) is 5.78 Å². The molecule has 0 saturated carbocycles. The van der Waals surface area contributed by atoms with Gasteiger partial charge in [-0.05, 0) is 43.7 Å². The monoisotopic (exact) mass is 261 g/mol. The number of rotatable bonds is 3. The summed E-state index contributed by atoms with van der Waals surface area (Å²) in [5.41, 5.74) is 2.26. The minimum Gasteiger partial charge on any atom is -0.294 e. The Bertz CT molecular complexity index is 618. The Morgan fingerprint density at radius 1 is 1.11 bits per heavy atom. The van der Waals surface area contributed by atoms with E-state index in [9.17, 15) is 13.6 Å². The molecule has 0 atom stereocenters. The molecule has 19 heavy (non-hydrogen) atoms. The Balaban J connectivity index is 2.25. The number of carbonyl (C=O) groups is 1. The van der Waals surface area contributed by atoms with E-state index in [2.05, 4.69) is 4.98 Å². The summed E-state index contributed by atoms with van der Waals surface area (Å²) in [6, 6.07) is 6.55. The van der Waals surface area contributed by atoms with Crippen LogP contribution in [0, 0.1) is 25.5 Å². The fourth-order valence-corrected chi connectivity index (χ4v) is 1.97. The molecule has 0 N–H and O–H groups in total.